The summed E-state index contributed by atoms with van der Waals surface area (Å²) in [6.07, 6.45) is 2.76. The van der Waals surface area contributed by atoms with Crippen LogP contribution in [0, 0.1) is 0 Å². The molecule has 0 spiro atoms. The number of hydrogen-bond acceptors (Lipinski definition) is 2. The average Bonchev–Trinajstić information content (AvgIpc) is 2.45. The summed E-state index contributed by atoms with van der Waals surface area (Å²) in [5.74, 6) is 0.0999. The van der Waals surface area contributed by atoms with Crippen molar-refractivity contribution in [3.05, 3.63) is 35.9 Å². The van der Waals surface area contributed by atoms with E-state index in [0.717, 1.165) is 31.4 Å². The molecule has 1 N–H and O–H groups in total. The lowest BCUT2D eigenvalue weighted by atomic mass is 9.93. The molecule has 0 saturated carbocycles. The normalized spacial score (nSPS) is 12.1. The van der Waals surface area contributed by atoms with E-state index in [1.165, 1.54) is 0 Å². The molecule has 0 radical (unpaired) electrons. The van der Waals surface area contributed by atoms with Crippen LogP contribution in [0.2, 0.25) is 0 Å². The summed E-state index contributed by atoms with van der Waals surface area (Å²) in [6.45, 7) is 6.21. The summed E-state index contributed by atoms with van der Waals surface area (Å²) in [4.78, 5) is 12.2. The molecule has 1 aromatic carbocycles. The van der Waals surface area contributed by atoms with Gasteiger partial charge >= 0.3 is 0 Å². The molecule has 0 saturated heterocycles. The number of amides is 1. The molecule has 1 unspecified atom stereocenters. The van der Waals surface area contributed by atoms with Crippen molar-refractivity contribution < 1.29 is 9.53 Å². The van der Waals surface area contributed by atoms with Crippen molar-refractivity contribution in [1.82, 2.24) is 5.32 Å². The predicted octanol–water partition coefficient (Wildman–Crippen LogP) is 3.11. The highest BCUT2D eigenvalue weighted by Gasteiger charge is 2.18. The van der Waals surface area contributed by atoms with E-state index in [-0.39, 0.29) is 11.8 Å². The smallest absolute Gasteiger partial charge is 0.227 e. The Morgan fingerprint density at radius 2 is 2.00 bits per heavy atom. The van der Waals surface area contributed by atoms with Gasteiger partial charge in [0.1, 0.15) is 0 Å². The Morgan fingerprint density at radius 1 is 1.26 bits per heavy atom. The minimum Gasteiger partial charge on any atom is -0.382 e. The number of carbonyl (C=O) groups excluding carboxylic acids is 1. The average molecular weight is 263 g/mol. The fourth-order valence-corrected chi connectivity index (χ4v) is 2.08. The Kier molecular flexibility index (Phi) is 7.91. The second-order valence-electron chi connectivity index (χ2n) is 4.59. The first-order valence-electron chi connectivity index (χ1n) is 7.20. The van der Waals surface area contributed by atoms with Crippen LogP contribution < -0.4 is 5.32 Å². The fourth-order valence-electron chi connectivity index (χ4n) is 2.08. The molecule has 0 aliphatic carbocycles. The van der Waals surface area contributed by atoms with E-state index in [9.17, 15) is 4.79 Å². The van der Waals surface area contributed by atoms with Crippen LogP contribution in [0.4, 0.5) is 0 Å². The maximum atomic E-state index is 12.2. The summed E-state index contributed by atoms with van der Waals surface area (Å²) in [6, 6.07) is 10.0. The van der Waals surface area contributed by atoms with Gasteiger partial charge in [0.2, 0.25) is 5.91 Å². The molecule has 0 bridgehead atoms. The molecule has 3 heteroatoms. The van der Waals surface area contributed by atoms with Gasteiger partial charge in [-0.25, -0.2) is 0 Å². The summed E-state index contributed by atoms with van der Waals surface area (Å²) < 4.78 is 5.26. The van der Waals surface area contributed by atoms with Crippen molar-refractivity contribution in [3.8, 4) is 0 Å². The zero-order valence-corrected chi connectivity index (χ0v) is 12.0. The van der Waals surface area contributed by atoms with E-state index in [0.29, 0.717) is 13.2 Å². The van der Waals surface area contributed by atoms with E-state index < -0.39 is 0 Å². The number of benzene rings is 1. The molecule has 0 fully saturated rings. The topological polar surface area (TPSA) is 38.3 Å². The summed E-state index contributed by atoms with van der Waals surface area (Å²) in [5, 5.41) is 3.01. The predicted molar refractivity (Wildman–Crippen MR) is 78.2 cm³/mol. The van der Waals surface area contributed by atoms with Crippen molar-refractivity contribution in [3.63, 3.8) is 0 Å². The Bertz CT molecular complexity index is 351. The highest BCUT2D eigenvalue weighted by atomic mass is 16.5. The summed E-state index contributed by atoms with van der Waals surface area (Å²) in [5.41, 5.74) is 1.10. The molecule has 1 aromatic rings. The largest absolute Gasteiger partial charge is 0.382 e. The molecule has 0 aromatic heterocycles. The van der Waals surface area contributed by atoms with Crippen LogP contribution >= 0.6 is 0 Å². The Hall–Kier alpha value is -1.35. The zero-order valence-electron chi connectivity index (χ0n) is 12.0. The number of ether oxygens (including phenoxy) is 1. The van der Waals surface area contributed by atoms with E-state index in [1.807, 2.05) is 37.3 Å². The highest BCUT2D eigenvalue weighted by Crippen LogP contribution is 2.21. The van der Waals surface area contributed by atoms with Gasteiger partial charge in [-0.1, -0.05) is 43.7 Å². The van der Waals surface area contributed by atoms with Crippen molar-refractivity contribution in [2.45, 2.75) is 39.0 Å². The van der Waals surface area contributed by atoms with Crippen molar-refractivity contribution in [1.29, 1.82) is 0 Å². The van der Waals surface area contributed by atoms with Gasteiger partial charge < -0.3 is 10.1 Å². The van der Waals surface area contributed by atoms with Crippen LogP contribution in [0.25, 0.3) is 0 Å². The molecule has 19 heavy (non-hydrogen) atoms. The summed E-state index contributed by atoms with van der Waals surface area (Å²) in [7, 11) is 0. The number of carbonyl (C=O) groups is 1. The van der Waals surface area contributed by atoms with Crippen LogP contribution in [0.1, 0.15) is 44.6 Å². The van der Waals surface area contributed by atoms with E-state index >= 15 is 0 Å². The molecular weight excluding hydrogens is 238 g/mol. The monoisotopic (exact) mass is 263 g/mol. The van der Waals surface area contributed by atoms with Gasteiger partial charge in [0.25, 0.3) is 0 Å². The lowest BCUT2D eigenvalue weighted by Crippen LogP contribution is -2.30. The second kappa shape index (κ2) is 9.56. The van der Waals surface area contributed by atoms with Crippen LogP contribution in [0.3, 0.4) is 0 Å². The van der Waals surface area contributed by atoms with Crippen LogP contribution in [-0.4, -0.2) is 25.7 Å². The third kappa shape index (κ3) is 5.88. The first kappa shape index (κ1) is 15.7. The third-order valence-corrected chi connectivity index (χ3v) is 3.06. The molecule has 0 aliphatic heterocycles. The lowest BCUT2D eigenvalue weighted by Gasteiger charge is -2.16. The highest BCUT2D eigenvalue weighted by molar-refractivity contribution is 5.83. The van der Waals surface area contributed by atoms with Gasteiger partial charge in [-0.05, 0) is 25.3 Å². The SMILES string of the molecule is CCCC(C(=O)NCCCOCC)c1ccccc1. The molecule has 106 valence electrons. The quantitative estimate of drug-likeness (QED) is 0.695. The van der Waals surface area contributed by atoms with Gasteiger partial charge in [-0.15, -0.1) is 0 Å². The number of nitrogens with one attached hydrogen (secondary N) is 1. The third-order valence-electron chi connectivity index (χ3n) is 3.06. The number of hydrogen-bond donors (Lipinski definition) is 1. The molecule has 0 heterocycles. The van der Waals surface area contributed by atoms with Gasteiger partial charge in [0.05, 0.1) is 5.92 Å². The van der Waals surface area contributed by atoms with E-state index in [1.54, 1.807) is 0 Å². The minimum atomic E-state index is -0.0294. The zero-order chi connectivity index (χ0) is 13.9. The summed E-state index contributed by atoms with van der Waals surface area (Å²) >= 11 is 0. The van der Waals surface area contributed by atoms with Gasteiger partial charge in [-0.3, -0.25) is 4.79 Å². The molecule has 1 amide bonds. The van der Waals surface area contributed by atoms with E-state index in [4.69, 9.17) is 4.74 Å². The lowest BCUT2D eigenvalue weighted by molar-refractivity contribution is -0.122. The maximum Gasteiger partial charge on any atom is 0.227 e. The van der Waals surface area contributed by atoms with Crippen LogP contribution in [0.5, 0.6) is 0 Å². The fraction of sp³-hybridized carbons (Fsp3) is 0.562. The first-order chi connectivity index (χ1) is 9.29. The Balaban J connectivity index is 2.45. The maximum absolute atomic E-state index is 12.2. The molecule has 3 nitrogen and oxygen atoms in total. The van der Waals surface area contributed by atoms with Gasteiger partial charge in [-0.2, -0.15) is 0 Å². The first-order valence-corrected chi connectivity index (χ1v) is 7.20. The van der Waals surface area contributed by atoms with Crippen LogP contribution in [0.15, 0.2) is 30.3 Å². The van der Waals surface area contributed by atoms with Gasteiger partial charge in [0, 0.05) is 19.8 Å². The Morgan fingerprint density at radius 3 is 2.63 bits per heavy atom. The standard InChI is InChI=1S/C16H25NO2/c1-3-9-15(14-10-6-5-7-11-14)16(18)17-12-8-13-19-4-2/h5-7,10-11,15H,3-4,8-9,12-13H2,1-2H3,(H,17,18). The van der Waals surface area contributed by atoms with Gasteiger partial charge in [0.15, 0.2) is 0 Å². The molecule has 1 atom stereocenters. The van der Waals surface area contributed by atoms with Crippen LogP contribution in [-0.2, 0) is 9.53 Å². The molecule has 0 aliphatic rings. The number of rotatable bonds is 9. The van der Waals surface area contributed by atoms with Crippen molar-refractivity contribution >= 4 is 5.91 Å². The van der Waals surface area contributed by atoms with Crippen molar-refractivity contribution in [2.75, 3.05) is 19.8 Å². The van der Waals surface area contributed by atoms with E-state index in [2.05, 4.69) is 12.2 Å². The molecular formula is C16H25NO2. The van der Waals surface area contributed by atoms with Crippen molar-refractivity contribution in [2.24, 2.45) is 0 Å². The Labute approximate surface area is 116 Å². The second-order valence-corrected chi connectivity index (χ2v) is 4.59. The minimum absolute atomic E-state index is 0.0294. The molecule has 1 rings (SSSR count).